The smallest absolute Gasteiger partial charge is 0.347 e. The number of rotatable bonds is 5. The summed E-state index contributed by atoms with van der Waals surface area (Å²) in [4.78, 5) is 27.3. The number of hydrogen-bond acceptors (Lipinski definition) is 5. The lowest BCUT2D eigenvalue weighted by Gasteiger charge is -2.31. The van der Waals surface area contributed by atoms with Crippen LogP contribution in [-0.2, 0) is 0 Å². The van der Waals surface area contributed by atoms with Crippen LogP contribution in [0.2, 0.25) is 0 Å². The van der Waals surface area contributed by atoms with Crippen LogP contribution >= 0.6 is 0 Å². The van der Waals surface area contributed by atoms with Gasteiger partial charge in [0.2, 0.25) is 0 Å². The highest BCUT2D eigenvalue weighted by atomic mass is 16.5. The number of aromatic nitrogens is 3. The molecule has 1 amide bonds. The molecule has 1 saturated heterocycles. The maximum absolute atomic E-state index is 13.0. The number of nitrogens with zero attached hydrogens (tertiary/aromatic N) is 3. The highest BCUT2D eigenvalue weighted by Gasteiger charge is 2.29. The van der Waals surface area contributed by atoms with Gasteiger partial charge in [0.05, 0.1) is 19.9 Å². The third-order valence-corrected chi connectivity index (χ3v) is 5.74. The molecule has 2 aromatic carbocycles. The van der Waals surface area contributed by atoms with Gasteiger partial charge in [0.15, 0.2) is 0 Å². The predicted molar refractivity (Wildman–Crippen MR) is 116 cm³/mol. The van der Waals surface area contributed by atoms with Gasteiger partial charge in [-0.05, 0) is 44.0 Å². The number of likely N-dealkylation sites (tertiary alicyclic amines) is 1. The number of H-pyrrole nitrogens is 1. The van der Waals surface area contributed by atoms with Crippen LogP contribution in [0.3, 0.4) is 0 Å². The van der Waals surface area contributed by atoms with E-state index in [1.54, 1.807) is 37.0 Å². The van der Waals surface area contributed by atoms with E-state index in [9.17, 15) is 9.59 Å². The summed E-state index contributed by atoms with van der Waals surface area (Å²) in [5.74, 6) is 1.90. The van der Waals surface area contributed by atoms with E-state index >= 15 is 0 Å². The molecule has 0 atom stereocenters. The number of benzene rings is 2. The van der Waals surface area contributed by atoms with Crippen molar-refractivity contribution in [3.05, 3.63) is 69.9 Å². The molecule has 0 saturated carbocycles. The van der Waals surface area contributed by atoms with Crippen LogP contribution in [0.25, 0.3) is 5.69 Å². The fraction of sp³-hybridized carbons (Fsp3) is 0.348. The normalized spacial score (nSPS) is 14.5. The summed E-state index contributed by atoms with van der Waals surface area (Å²) in [6, 6.07) is 13.0. The van der Waals surface area contributed by atoms with Crippen LogP contribution < -0.4 is 15.2 Å². The van der Waals surface area contributed by atoms with Gasteiger partial charge >= 0.3 is 5.69 Å². The fourth-order valence-electron chi connectivity index (χ4n) is 3.98. The zero-order valence-electron chi connectivity index (χ0n) is 17.9. The Morgan fingerprint density at radius 1 is 1.03 bits per heavy atom. The first-order valence-corrected chi connectivity index (χ1v) is 10.3. The minimum absolute atomic E-state index is 0.0615. The molecule has 162 valence electrons. The third-order valence-electron chi connectivity index (χ3n) is 5.74. The number of methoxy groups -OCH3 is 2. The zero-order valence-corrected chi connectivity index (χ0v) is 17.9. The van der Waals surface area contributed by atoms with Crippen molar-refractivity contribution in [2.24, 2.45) is 0 Å². The Hall–Kier alpha value is -3.55. The van der Waals surface area contributed by atoms with Gasteiger partial charge < -0.3 is 14.4 Å². The standard InChI is InChI=1S/C23H26N4O4/c1-15-4-6-18(7-5-15)27-21(24-25-23(27)29)16-8-10-26(11-9-16)22(28)17-12-19(30-2)14-20(13-17)31-3/h4-7,12-14,16H,8-11H2,1-3H3,(H,25,29). The van der Waals surface area contributed by atoms with Crippen LogP contribution in [0.15, 0.2) is 47.3 Å². The van der Waals surface area contributed by atoms with Gasteiger partial charge in [0, 0.05) is 30.6 Å². The number of nitrogens with one attached hydrogen (secondary N) is 1. The van der Waals surface area contributed by atoms with E-state index in [0.29, 0.717) is 36.0 Å². The largest absolute Gasteiger partial charge is 0.497 e. The number of carbonyl (C=O) groups excluding carboxylic acids is 1. The number of amides is 1. The maximum Gasteiger partial charge on any atom is 0.347 e. The molecule has 2 heterocycles. The summed E-state index contributed by atoms with van der Waals surface area (Å²) in [5, 5.41) is 6.88. The van der Waals surface area contributed by atoms with Crippen LogP contribution in [0.1, 0.15) is 40.5 Å². The number of aryl methyl sites for hydroxylation is 1. The van der Waals surface area contributed by atoms with Gasteiger partial charge in [-0.25, -0.2) is 14.5 Å². The molecule has 0 spiro atoms. The Bertz CT molecular complexity index is 1100. The maximum atomic E-state index is 13.0. The highest BCUT2D eigenvalue weighted by Crippen LogP contribution is 2.29. The minimum Gasteiger partial charge on any atom is -0.497 e. The quantitative estimate of drug-likeness (QED) is 0.683. The lowest BCUT2D eigenvalue weighted by atomic mass is 9.95. The van der Waals surface area contributed by atoms with Gasteiger partial charge in [-0.3, -0.25) is 4.79 Å². The Labute approximate surface area is 180 Å². The van der Waals surface area contributed by atoms with Crippen molar-refractivity contribution in [3.8, 4) is 17.2 Å². The van der Waals surface area contributed by atoms with Crippen molar-refractivity contribution in [1.29, 1.82) is 0 Å². The van der Waals surface area contributed by atoms with Gasteiger partial charge in [0.25, 0.3) is 5.91 Å². The lowest BCUT2D eigenvalue weighted by Crippen LogP contribution is -2.38. The molecule has 4 rings (SSSR count). The first kappa shape index (κ1) is 20.7. The molecule has 1 N–H and O–H groups in total. The molecule has 0 aliphatic carbocycles. The molecule has 0 radical (unpaired) electrons. The fourth-order valence-corrected chi connectivity index (χ4v) is 3.98. The summed E-state index contributed by atoms with van der Waals surface area (Å²) in [7, 11) is 3.12. The molecular weight excluding hydrogens is 396 g/mol. The van der Waals surface area contributed by atoms with Gasteiger partial charge in [-0.1, -0.05) is 17.7 Å². The van der Waals surface area contributed by atoms with E-state index in [1.165, 1.54) is 0 Å². The topological polar surface area (TPSA) is 89.5 Å². The van der Waals surface area contributed by atoms with Crippen molar-refractivity contribution in [2.45, 2.75) is 25.7 Å². The second-order valence-corrected chi connectivity index (χ2v) is 7.73. The van der Waals surface area contributed by atoms with Crippen LogP contribution in [0.5, 0.6) is 11.5 Å². The second kappa shape index (κ2) is 8.67. The molecule has 0 unspecified atom stereocenters. The van der Waals surface area contributed by atoms with Crippen molar-refractivity contribution < 1.29 is 14.3 Å². The Kier molecular flexibility index (Phi) is 5.79. The van der Waals surface area contributed by atoms with Gasteiger partial charge in [-0.2, -0.15) is 5.10 Å². The van der Waals surface area contributed by atoms with E-state index in [0.717, 1.165) is 24.1 Å². The van der Waals surface area contributed by atoms with E-state index in [-0.39, 0.29) is 17.5 Å². The molecule has 3 aromatic rings. The third kappa shape index (κ3) is 4.19. The monoisotopic (exact) mass is 422 g/mol. The summed E-state index contributed by atoms with van der Waals surface area (Å²) in [6.45, 7) is 3.17. The summed E-state index contributed by atoms with van der Waals surface area (Å²) in [5.41, 5.74) is 2.20. The molecule has 8 nitrogen and oxygen atoms in total. The first-order chi connectivity index (χ1) is 15.0. The molecule has 8 heteroatoms. The van der Waals surface area contributed by atoms with Crippen molar-refractivity contribution >= 4 is 5.91 Å². The van der Waals surface area contributed by atoms with Crippen LogP contribution in [0, 0.1) is 6.92 Å². The number of aromatic amines is 1. The number of ether oxygens (including phenoxy) is 2. The average Bonchev–Trinajstić information content (AvgIpc) is 3.20. The Morgan fingerprint density at radius 3 is 2.23 bits per heavy atom. The first-order valence-electron chi connectivity index (χ1n) is 10.3. The lowest BCUT2D eigenvalue weighted by molar-refractivity contribution is 0.0710. The second-order valence-electron chi connectivity index (χ2n) is 7.73. The molecule has 1 aromatic heterocycles. The molecule has 1 aliphatic heterocycles. The zero-order chi connectivity index (χ0) is 22.0. The van der Waals surface area contributed by atoms with Crippen molar-refractivity contribution in [2.75, 3.05) is 27.3 Å². The predicted octanol–water partition coefficient (Wildman–Crippen LogP) is 2.91. The van der Waals surface area contributed by atoms with Gasteiger partial charge in [-0.15, -0.1) is 0 Å². The Morgan fingerprint density at radius 2 is 1.65 bits per heavy atom. The number of carbonyl (C=O) groups is 1. The van der Waals surface area contributed by atoms with Crippen LogP contribution in [0.4, 0.5) is 0 Å². The van der Waals surface area contributed by atoms with Crippen LogP contribution in [-0.4, -0.2) is 52.9 Å². The molecule has 0 bridgehead atoms. The number of piperidine rings is 1. The van der Waals surface area contributed by atoms with E-state index in [4.69, 9.17) is 9.47 Å². The van der Waals surface area contributed by atoms with E-state index in [1.807, 2.05) is 36.1 Å². The molecular formula is C23H26N4O4. The minimum atomic E-state index is -0.249. The van der Waals surface area contributed by atoms with Crippen molar-refractivity contribution in [1.82, 2.24) is 19.7 Å². The SMILES string of the molecule is COc1cc(OC)cc(C(=O)N2CCC(c3n[nH]c(=O)n3-c3ccc(C)cc3)CC2)c1. The highest BCUT2D eigenvalue weighted by molar-refractivity contribution is 5.95. The van der Waals surface area contributed by atoms with Crippen molar-refractivity contribution in [3.63, 3.8) is 0 Å². The summed E-state index contributed by atoms with van der Waals surface area (Å²) < 4.78 is 12.2. The van der Waals surface area contributed by atoms with E-state index < -0.39 is 0 Å². The number of hydrogen-bond donors (Lipinski definition) is 1. The van der Waals surface area contributed by atoms with Gasteiger partial charge in [0.1, 0.15) is 17.3 Å². The molecule has 31 heavy (non-hydrogen) atoms. The summed E-state index contributed by atoms with van der Waals surface area (Å²) >= 11 is 0. The molecule has 1 aliphatic rings. The molecule has 1 fully saturated rings. The van der Waals surface area contributed by atoms with E-state index in [2.05, 4.69) is 10.2 Å². The summed E-state index contributed by atoms with van der Waals surface area (Å²) in [6.07, 6.45) is 1.45. The average molecular weight is 422 g/mol. The Balaban J connectivity index is 1.51.